The number of allylic oxidation sites excluding steroid dienone is 1. The molecule has 16 heavy (non-hydrogen) atoms. The molecule has 0 saturated carbocycles. The highest BCUT2D eigenvalue weighted by atomic mass is 15.2. The third kappa shape index (κ3) is 0.963. The van der Waals surface area contributed by atoms with E-state index < -0.39 is 0 Å². The van der Waals surface area contributed by atoms with Crippen molar-refractivity contribution in [1.29, 1.82) is 0 Å². The third-order valence-electron chi connectivity index (χ3n) is 3.42. The zero-order chi connectivity index (χ0) is 10.5. The van der Waals surface area contributed by atoms with E-state index in [1.54, 1.807) is 0 Å². The second kappa shape index (κ2) is 2.79. The lowest BCUT2D eigenvalue weighted by Gasteiger charge is -2.24. The largest absolute Gasteiger partial charge is 0.344 e. The fraction of sp³-hybridized carbons (Fsp3) is 0.143. The molecule has 2 aliphatic rings. The molecule has 2 nitrogen and oxygen atoms in total. The van der Waals surface area contributed by atoms with Gasteiger partial charge in [0.05, 0.1) is 12.1 Å². The molecule has 0 radical (unpaired) electrons. The number of hydrogen-bond acceptors (Lipinski definition) is 1. The Labute approximate surface area is 94.1 Å². The van der Waals surface area contributed by atoms with Crippen molar-refractivity contribution in [3.8, 4) is 0 Å². The second-order valence-electron chi connectivity index (χ2n) is 4.40. The first-order chi connectivity index (χ1) is 7.92. The minimum atomic E-state index is 0.997. The standard InChI is InChI=1S/C14H12N2/c1-2-6-14-11(4-1)8-13-9-15-7-3-5-12(15)10-16(13)14/h1-4,6-8,10H,5,9H2. The predicted molar refractivity (Wildman–Crippen MR) is 65.5 cm³/mol. The topological polar surface area (TPSA) is 8.17 Å². The van der Waals surface area contributed by atoms with Crippen LogP contribution in [0.4, 0.5) is 0 Å². The van der Waals surface area contributed by atoms with Crippen LogP contribution in [0.5, 0.6) is 0 Å². The van der Waals surface area contributed by atoms with Gasteiger partial charge in [-0.05, 0) is 12.1 Å². The zero-order valence-corrected chi connectivity index (χ0v) is 8.93. The van der Waals surface area contributed by atoms with E-state index in [-0.39, 0.29) is 0 Å². The van der Waals surface area contributed by atoms with Crippen LogP contribution < -0.4 is 0 Å². The van der Waals surface area contributed by atoms with Gasteiger partial charge >= 0.3 is 0 Å². The summed E-state index contributed by atoms with van der Waals surface area (Å²) >= 11 is 0. The predicted octanol–water partition coefficient (Wildman–Crippen LogP) is 3.17. The molecule has 78 valence electrons. The lowest BCUT2D eigenvalue weighted by atomic mass is 10.2. The van der Waals surface area contributed by atoms with Gasteiger partial charge in [0.25, 0.3) is 0 Å². The summed E-state index contributed by atoms with van der Waals surface area (Å²) in [6.07, 6.45) is 7.74. The van der Waals surface area contributed by atoms with Crippen molar-refractivity contribution in [2.45, 2.75) is 13.0 Å². The molecule has 0 bridgehead atoms. The number of fused-ring (bicyclic) bond motifs is 4. The SMILES string of the molecule is C1=CN2Cc3cc4ccccc4n3C=C2C1. The summed E-state index contributed by atoms with van der Waals surface area (Å²) in [5.41, 5.74) is 4.09. The van der Waals surface area contributed by atoms with Gasteiger partial charge in [0.15, 0.2) is 0 Å². The highest BCUT2D eigenvalue weighted by molar-refractivity contribution is 5.83. The lowest BCUT2D eigenvalue weighted by Crippen LogP contribution is -2.19. The smallest absolute Gasteiger partial charge is 0.0629 e. The molecule has 1 aromatic carbocycles. The van der Waals surface area contributed by atoms with Gasteiger partial charge in [0.2, 0.25) is 0 Å². The molecule has 0 atom stereocenters. The van der Waals surface area contributed by atoms with Gasteiger partial charge in [-0.25, -0.2) is 0 Å². The van der Waals surface area contributed by atoms with Crippen molar-refractivity contribution in [2.24, 2.45) is 0 Å². The number of nitrogens with zero attached hydrogens (tertiary/aromatic N) is 2. The maximum atomic E-state index is 2.33. The molecule has 0 unspecified atom stereocenters. The number of hydrogen-bond donors (Lipinski definition) is 0. The fourth-order valence-corrected chi connectivity index (χ4v) is 2.63. The molecule has 1 aromatic heterocycles. The van der Waals surface area contributed by atoms with Crippen LogP contribution in [0.15, 0.2) is 48.3 Å². The maximum Gasteiger partial charge on any atom is 0.0629 e. The Bertz CT molecular complexity index is 631. The number of aromatic nitrogens is 1. The first-order valence-electron chi connectivity index (χ1n) is 5.65. The number of benzene rings is 1. The Morgan fingerprint density at radius 1 is 1.12 bits per heavy atom. The van der Waals surface area contributed by atoms with E-state index in [1.165, 1.54) is 22.3 Å². The zero-order valence-electron chi connectivity index (χ0n) is 8.93. The van der Waals surface area contributed by atoms with Crippen molar-refractivity contribution in [2.75, 3.05) is 0 Å². The molecule has 2 aliphatic heterocycles. The van der Waals surface area contributed by atoms with Crippen molar-refractivity contribution in [3.63, 3.8) is 0 Å². The Morgan fingerprint density at radius 2 is 2.06 bits per heavy atom. The molecular weight excluding hydrogens is 196 g/mol. The van der Waals surface area contributed by atoms with E-state index in [4.69, 9.17) is 0 Å². The Morgan fingerprint density at radius 3 is 3.06 bits per heavy atom. The van der Waals surface area contributed by atoms with E-state index in [0.29, 0.717) is 0 Å². The molecule has 2 aromatic rings. The van der Waals surface area contributed by atoms with Crippen LogP contribution in [0.3, 0.4) is 0 Å². The molecule has 0 N–H and O–H groups in total. The van der Waals surface area contributed by atoms with Crippen molar-refractivity contribution in [1.82, 2.24) is 9.47 Å². The average molecular weight is 208 g/mol. The van der Waals surface area contributed by atoms with Gasteiger partial charge < -0.3 is 9.47 Å². The monoisotopic (exact) mass is 208 g/mol. The second-order valence-corrected chi connectivity index (χ2v) is 4.40. The van der Waals surface area contributed by atoms with Crippen LogP contribution in [0.2, 0.25) is 0 Å². The summed E-state index contributed by atoms with van der Waals surface area (Å²) in [6, 6.07) is 10.9. The number of para-hydroxylation sites is 1. The first kappa shape index (κ1) is 8.22. The van der Waals surface area contributed by atoms with E-state index in [2.05, 4.69) is 58.3 Å². The maximum absolute atomic E-state index is 2.33. The molecule has 0 amide bonds. The summed E-state index contributed by atoms with van der Waals surface area (Å²) in [7, 11) is 0. The van der Waals surface area contributed by atoms with E-state index in [0.717, 1.165) is 13.0 Å². The fourth-order valence-electron chi connectivity index (χ4n) is 2.63. The summed E-state index contributed by atoms with van der Waals surface area (Å²) in [5, 5.41) is 1.33. The molecule has 0 fully saturated rings. The van der Waals surface area contributed by atoms with Crippen LogP contribution >= 0.6 is 0 Å². The normalized spacial score (nSPS) is 17.5. The van der Waals surface area contributed by atoms with Gasteiger partial charge in [-0.1, -0.05) is 24.3 Å². The third-order valence-corrected chi connectivity index (χ3v) is 3.42. The summed E-state index contributed by atoms with van der Waals surface area (Å²) in [4.78, 5) is 2.33. The quantitative estimate of drug-likeness (QED) is 0.645. The molecule has 3 heterocycles. The number of rotatable bonds is 0. The van der Waals surface area contributed by atoms with Gasteiger partial charge in [-0.3, -0.25) is 0 Å². The Balaban J connectivity index is 2.01. The van der Waals surface area contributed by atoms with Gasteiger partial charge in [-0.15, -0.1) is 0 Å². The Kier molecular flexibility index (Phi) is 1.43. The van der Waals surface area contributed by atoms with Crippen LogP contribution in [-0.4, -0.2) is 9.47 Å². The highest BCUT2D eigenvalue weighted by Gasteiger charge is 2.20. The van der Waals surface area contributed by atoms with Crippen molar-refractivity contribution >= 4 is 17.1 Å². The van der Waals surface area contributed by atoms with E-state index in [9.17, 15) is 0 Å². The van der Waals surface area contributed by atoms with E-state index >= 15 is 0 Å². The molecular formula is C14H12N2. The summed E-state index contributed by atoms with van der Waals surface area (Å²) in [5.74, 6) is 0. The molecule has 0 aliphatic carbocycles. The van der Waals surface area contributed by atoms with Gasteiger partial charge in [0, 0.05) is 35.6 Å². The summed E-state index contributed by atoms with van der Waals surface area (Å²) in [6.45, 7) is 0.997. The van der Waals surface area contributed by atoms with Crippen LogP contribution in [-0.2, 0) is 6.54 Å². The van der Waals surface area contributed by atoms with Crippen LogP contribution in [0.1, 0.15) is 12.1 Å². The average Bonchev–Trinajstić information content (AvgIpc) is 2.88. The minimum absolute atomic E-state index is 0.997. The lowest BCUT2D eigenvalue weighted by molar-refractivity contribution is 0.451. The minimum Gasteiger partial charge on any atom is -0.344 e. The molecule has 2 heteroatoms. The summed E-state index contributed by atoms with van der Waals surface area (Å²) < 4.78 is 2.33. The van der Waals surface area contributed by atoms with Crippen molar-refractivity contribution in [3.05, 3.63) is 54.0 Å². The van der Waals surface area contributed by atoms with E-state index in [1.807, 2.05) is 0 Å². The van der Waals surface area contributed by atoms with Gasteiger partial charge in [0.1, 0.15) is 0 Å². The molecule has 0 spiro atoms. The molecule has 4 rings (SSSR count). The van der Waals surface area contributed by atoms with Crippen molar-refractivity contribution < 1.29 is 0 Å². The molecule has 0 saturated heterocycles. The van der Waals surface area contributed by atoms with Crippen LogP contribution in [0, 0.1) is 0 Å². The highest BCUT2D eigenvalue weighted by Crippen LogP contribution is 2.31. The van der Waals surface area contributed by atoms with Crippen LogP contribution in [0.25, 0.3) is 17.1 Å². The Hall–Kier alpha value is -1.96. The first-order valence-corrected chi connectivity index (χ1v) is 5.65. The van der Waals surface area contributed by atoms with Gasteiger partial charge in [-0.2, -0.15) is 0 Å².